The predicted molar refractivity (Wildman–Crippen MR) is 127 cm³/mol. The maximum Gasteiger partial charge on any atom is 0.322 e. The summed E-state index contributed by atoms with van der Waals surface area (Å²) in [5.74, 6) is -0.0156. The van der Waals surface area contributed by atoms with Crippen molar-refractivity contribution in [3.63, 3.8) is 0 Å². The Morgan fingerprint density at radius 3 is 2.71 bits per heavy atom. The van der Waals surface area contributed by atoms with Crippen LogP contribution in [0.3, 0.4) is 0 Å². The largest absolute Gasteiger partial charge is 0.497 e. The molecule has 182 valence electrons. The van der Waals surface area contributed by atoms with Gasteiger partial charge in [0.25, 0.3) is 0 Å². The van der Waals surface area contributed by atoms with Crippen molar-refractivity contribution in [2.45, 2.75) is 50.8 Å². The van der Waals surface area contributed by atoms with E-state index >= 15 is 0 Å². The summed E-state index contributed by atoms with van der Waals surface area (Å²) >= 11 is 0. The van der Waals surface area contributed by atoms with Gasteiger partial charge in [-0.25, -0.2) is 4.79 Å². The zero-order valence-corrected chi connectivity index (χ0v) is 19.8. The number of fused-ring (bicyclic) bond motifs is 1. The van der Waals surface area contributed by atoms with Crippen molar-refractivity contribution in [1.82, 2.24) is 4.90 Å². The van der Waals surface area contributed by atoms with Gasteiger partial charge in [0.15, 0.2) is 12.1 Å². The number of para-hydroxylation sites is 1. The second-order valence-electron chi connectivity index (χ2n) is 8.76. The Morgan fingerprint density at radius 1 is 1.18 bits per heavy atom. The van der Waals surface area contributed by atoms with Crippen LogP contribution in [0.2, 0.25) is 0 Å². The second-order valence-corrected chi connectivity index (χ2v) is 8.76. The summed E-state index contributed by atoms with van der Waals surface area (Å²) in [6.45, 7) is 8.47. The molecule has 2 saturated heterocycles. The molecular weight excluding hydrogens is 436 g/mol. The number of hydrogen-bond donors (Lipinski definition) is 1. The van der Waals surface area contributed by atoms with E-state index in [1.54, 1.807) is 18.1 Å². The van der Waals surface area contributed by atoms with Gasteiger partial charge in [0.1, 0.15) is 24.1 Å². The van der Waals surface area contributed by atoms with E-state index in [0.717, 1.165) is 11.3 Å². The number of ether oxygens (including phenoxy) is 5. The summed E-state index contributed by atoms with van der Waals surface area (Å²) in [4.78, 5) is 14.6. The van der Waals surface area contributed by atoms with Gasteiger partial charge in [-0.15, -0.1) is 6.58 Å². The first-order valence-corrected chi connectivity index (χ1v) is 11.4. The Hall–Kier alpha value is -2.91. The standard InChI is InChI=1S/C26H32N2O6/c1-5-14-28(25(29)27-19-11-7-6-8-12-19)16-21-22(23-24(32-21)34-26(2,3)33-23)31-17-18-10-9-13-20(15-18)30-4/h5-13,15,21-24H,1,14,16-17H2,2-4H3,(H,27,29). The molecule has 34 heavy (non-hydrogen) atoms. The zero-order chi connectivity index (χ0) is 24.1. The number of hydrogen-bond acceptors (Lipinski definition) is 6. The fraction of sp³-hybridized carbons (Fsp3) is 0.423. The molecule has 0 aliphatic carbocycles. The molecule has 0 radical (unpaired) electrons. The number of carbonyl (C=O) groups excluding carboxylic acids is 1. The van der Waals surface area contributed by atoms with Gasteiger partial charge in [-0.3, -0.25) is 0 Å². The van der Waals surface area contributed by atoms with Crippen LogP contribution in [0, 0.1) is 0 Å². The third-order valence-electron chi connectivity index (χ3n) is 5.73. The van der Waals surface area contributed by atoms with E-state index in [9.17, 15) is 4.79 Å². The first-order valence-electron chi connectivity index (χ1n) is 11.4. The summed E-state index contributed by atoms with van der Waals surface area (Å²) in [7, 11) is 1.63. The van der Waals surface area contributed by atoms with Crippen molar-refractivity contribution in [2.24, 2.45) is 0 Å². The summed E-state index contributed by atoms with van der Waals surface area (Å²) in [6.07, 6.45) is -0.179. The van der Waals surface area contributed by atoms with Crippen molar-refractivity contribution in [3.05, 3.63) is 72.8 Å². The van der Waals surface area contributed by atoms with E-state index in [-0.39, 0.29) is 12.6 Å². The summed E-state index contributed by atoms with van der Waals surface area (Å²) in [5.41, 5.74) is 1.68. The maximum atomic E-state index is 13.0. The smallest absolute Gasteiger partial charge is 0.322 e. The Morgan fingerprint density at radius 2 is 1.97 bits per heavy atom. The molecule has 0 saturated carbocycles. The Kier molecular flexibility index (Phi) is 7.53. The van der Waals surface area contributed by atoms with Crippen molar-refractivity contribution in [3.8, 4) is 5.75 Å². The number of amides is 2. The van der Waals surface area contributed by atoms with Gasteiger partial charge >= 0.3 is 6.03 Å². The molecule has 2 aromatic carbocycles. The molecule has 8 nitrogen and oxygen atoms in total. The molecule has 4 unspecified atom stereocenters. The maximum absolute atomic E-state index is 13.0. The highest BCUT2D eigenvalue weighted by Gasteiger charge is 2.55. The molecule has 4 atom stereocenters. The molecule has 2 fully saturated rings. The quantitative estimate of drug-likeness (QED) is 0.557. The van der Waals surface area contributed by atoms with Crippen LogP contribution >= 0.6 is 0 Å². The molecule has 2 amide bonds. The fourth-order valence-corrected chi connectivity index (χ4v) is 4.19. The molecule has 0 aromatic heterocycles. The highest BCUT2D eigenvalue weighted by Crippen LogP contribution is 2.39. The number of rotatable bonds is 9. The normalized spacial score (nSPS) is 24.9. The van der Waals surface area contributed by atoms with Gasteiger partial charge in [0.2, 0.25) is 0 Å². The lowest BCUT2D eigenvalue weighted by molar-refractivity contribution is -0.219. The van der Waals surface area contributed by atoms with E-state index in [1.165, 1.54) is 0 Å². The van der Waals surface area contributed by atoms with Crippen LogP contribution in [0.15, 0.2) is 67.3 Å². The highest BCUT2D eigenvalue weighted by molar-refractivity contribution is 5.89. The summed E-state index contributed by atoms with van der Waals surface area (Å²) < 4.78 is 29.9. The molecule has 2 aromatic rings. The van der Waals surface area contributed by atoms with Crippen LogP contribution in [0.25, 0.3) is 0 Å². The van der Waals surface area contributed by atoms with Crippen molar-refractivity contribution in [2.75, 3.05) is 25.5 Å². The van der Waals surface area contributed by atoms with Gasteiger partial charge in [0, 0.05) is 12.2 Å². The lowest BCUT2D eigenvalue weighted by Gasteiger charge is -2.30. The Bertz CT molecular complexity index is 982. The van der Waals surface area contributed by atoms with Crippen molar-refractivity contribution in [1.29, 1.82) is 0 Å². The molecule has 2 aliphatic heterocycles. The highest BCUT2D eigenvalue weighted by atomic mass is 16.8. The number of urea groups is 1. The van der Waals surface area contributed by atoms with Gasteiger partial charge in [-0.2, -0.15) is 0 Å². The fourth-order valence-electron chi connectivity index (χ4n) is 4.19. The van der Waals surface area contributed by atoms with Crippen LogP contribution < -0.4 is 10.1 Å². The van der Waals surface area contributed by atoms with Gasteiger partial charge in [0.05, 0.1) is 20.3 Å². The predicted octanol–water partition coefficient (Wildman–Crippen LogP) is 4.18. The van der Waals surface area contributed by atoms with Crippen LogP contribution in [0.4, 0.5) is 10.5 Å². The van der Waals surface area contributed by atoms with Crippen LogP contribution in [-0.4, -0.2) is 61.5 Å². The third kappa shape index (κ3) is 5.77. The molecule has 1 N–H and O–H groups in total. The van der Waals surface area contributed by atoms with Crippen molar-refractivity contribution < 1.29 is 28.5 Å². The third-order valence-corrected chi connectivity index (χ3v) is 5.73. The van der Waals surface area contributed by atoms with E-state index < -0.39 is 30.4 Å². The molecule has 2 aliphatic rings. The summed E-state index contributed by atoms with van der Waals surface area (Å²) in [6, 6.07) is 16.8. The average molecular weight is 469 g/mol. The van der Waals surface area contributed by atoms with Crippen molar-refractivity contribution >= 4 is 11.7 Å². The molecule has 0 bridgehead atoms. The average Bonchev–Trinajstić information content (AvgIpc) is 3.29. The number of benzene rings is 2. The number of carbonyl (C=O) groups is 1. The van der Waals surface area contributed by atoms with Crippen LogP contribution in [-0.2, 0) is 25.6 Å². The number of methoxy groups -OCH3 is 1. The lowest BCUT2D eigenvalue weighted by atomic mass is 10.1. The molecular formula is C26H32N2O6. The SMILES string of the molecule is C=CCN(CC1OC2OC(C)(C)OC2C1OCc1cccc(OC)c1)C(=O)Nc1ccccc1. The number of nitrogens with zero attached hydrogens (tertiary/aromatic N) is 1. The minimum atomic E-state index is -0.774. The first kappa shape index (κ1) is 24.2. The number of anilines is 1. The van der Waals surface area contributed by atoms with E-state index in [2.05, 4.69) is 11.9 Å². The first-order chi connectivity index (χ1) is 16.4. The minimum absolute atomic E-state index is 0.250. The Balaban J connectivity index is 1.48. The summed E-state index contributed by atoms with van der Waals surface area (Å²) in [5, 5.41) is 2.92. The number of nitrogens with one attached hydrogen (secondary N) is 1. The zero-order valence-electron chi connectivity index (χ0n) is 19.8. The van der Waals surface area contributed by atoms with E-state index in [4.69, 9.17) is 23.7 Å². The Labute approximate surface area is 200 Å². The minimum Gasteiger partial charge on any atom is -0.497 e. The van der Waals surface area contributed by atoms with Crippen LogP contribution in [0.1, 0.15) is 19.4 Å². The molecule has 4 rings (SSSR count). The van der Waals surface area contributed by atoms with Crippen LogP contribution in [0.5, 0.6) is 5.75 Å². The topological polar surface area (TPSA) is 78.5 Å². The molecule has 0 spiro atoms. The second kappa shape index (κ2) is 10.6. The molecule has 2 heterocycles. The van der Waals surface area contributed by atoms with Gasteiger partial charge < -0.3 is 33.9 Å². The molecule has 8 heteroatoms. The van der Waals surface area contributed by atoms with Gasteiger partial charge in [-0.05, 0) is 43.7 Å². The lowest BCUT2D eigenvalue weighted by Crippen LogP contribution is -2.46. The van der Waals surface area contributed by atoms with E-state index in [1.807, 2.05) is 68.4 Å². The monoisotopic (exact) mass is 468 g/mol. The van der Waals surface area contributed by atoms with E-state index in [0.29, 0.717) is 18.8 Å². The van der Waals surface area contributed by atoms with Gasteiger partial charge in [-0.1, -0.05) is 36.4 Å².